The van der Waals surface area contributed by atoms with Crippen LogP contribution in [-0.4, -0.2) is 23.2 Å². The zero-order chi connectivity index (χ0) is 15.5. The Morgan fingerprint density at radius 3 is 2.43 bits per heavy atom. The molecule has 0 aromatic heterocycles. The quantitative estimate of drug-likeness (QED) is 0.836. The van der Waals surface area contributed by atoms with Crippen LogP contribution in [0, 0.1) is 17.3 Å². The number of amides is 1. The van der Waals surface area contributed by atoms with Crippen molar-refractivity contribution in [2.75, 3.05) is 6.54 Å². The van der Waals surface area contributed by atoms with E-state index in [0.29, 0.717) is 11.0 Å². The number of aliphatic hydroxyl groups is 1. The van der Waals surface area contributed by atoms with Crippen molar-refractivity contribution >= 4 is 5.91 Å². The van der Waals surface area contributed by atoms with Crippen LogP contribution in [0.3, 0.4) is 0 Å². The molecule has 112 valence electrons. The van der Waals surface area contributed by atoms with Gasteiger partial charge in [0, 0.05) is 17.7 Å². The lowest BCUT2D eigenvalue weighted by atomic mass is 10.0. The Morgan fingerprint density at radius 1 is 1.33 bits per heavy atom. The normalized spacial score (nSPS) is 15.8. The molecule has 0 unspecified atom stereocenters. The Kier molecular flexibility index (Phi) is 4.39. The van der Waals surface area contributed by atoms with Crippen LogP contribution >= 0.6 is 0 Å². The third kappa shape index (κ3) is 4.61. The Morgan fingerprint density at radius 2 is 1.95 bits per heavy atom. The predicted octanol–water partition coefficient (Wildman–Crippen LogP) is 2.73. The molecule has 0 aliphatic heterocycles. The predicted molar refractivity (Wildman–Crippen MR) is 83.9 cm³/mol. The van der Waals surface area contributed by atoms with Crippen molar-refractivity contribution < 1.29 is 9.90 Å². The molecule has 0 spiro atoms. The van der Waals surface area contributed by atoms with E-state index in [4.69, 9.17) is 0 Å². The van der Waals surface area contributed by atoms with E-state index in [1.54, 1.807) is 38.1 Å². The second kappa shape index (κ2) is 5.91. The summed E-state index contributed by atoms with van der Waals surface area (Å²) in [5.74, 6) is 5.62. The van der Waals surface area contributed by atoms with Crippen molar-refractivity contribution in [3.05, 3.63) is 35.4 Å². The maximum absolute atomic E-state index is 12.1. The average molecular weight is 285 g/mol. The summed E-state index contributed by atoms with van der Waals surface area (Å²) in [5.41, 5.74) is 0.791. The average Bonchev–Trinajstić information content (AvgIpc) is 3.23. The molecule has 2 N–H and O–H groups in total. The zero-order valence-corrected chi connectivity index (χ0v) is 13.0. The highest BCUT2D eigenvalue weighted by Crippen LogP contribution is 2.47. The minimum absolute atomic E-state index is 0.0308. The van der Waals surface area contributed by atoms with E-state index in [1.807, 2.05) is 0 Å². The Bertz CT molecular complexity index is 566. The molecule has 21 heavy (non-hydrogen) atoms. The van der Waals surface area contributed by atoms with Gasteiger partial charge in [-0.15, -0.1) is 0 Å². The number of hydrogen-bond donors (Lipinski definition) is 2. The first kappa shape index (κ1) is 15.6. The first-order valence-corrected chi connectivity index (χ1v) is 7.47. The molecule has 1 amide bonds. The van der Waals surface area contributed by atoms with Gasteiger partial charge in [-0.25, -0.2) is 0 Å². The van der Waals surface area contributed by atoms with Gasteiger partial charge in [-0.1, -0.05) is 18.8 Å². The highest BCUT2D eigenvalue weighted by molar-refractivity contribution is 5.94. The second-order valence-corrected chi connectivity index (χ2v) is 6.42. The summed E-state index contributed by atoms with van der Waals surface area (Å²) in [5, 5.41) is 12.6. The lowest BCUT2D eigenvalue weighted by Gasteiger charge is -2.13. The first-order chi connectivity index (χ1) is 9.84. The summed E-state index contributed by atoms with van der Waals surface area (Å²) in [7, 11) is 0. The number of benzene rings is 1. The van der Waals surface area contributed by atoms with Crippen molar-refractivity contribution in [3.8, 4) is 11.8 Å². The van der Waals surface area contributed by atoms with Gasteiger partial charge in [0.2, 0.25) is 0 Å². The molecule has 1 aromatic rings. The van der Waals surface area contributed by atoms with Gasteiger partial charge in [0.05, 0.1) is 0 Å². The van der Waals surface area contributed by atoms with E-state index < -0.39 is 5.60 Å². The van der Waals surface area contributed by atoms with Gasteiger partial charge in [-0.05, 0) is 62.8 Å². The van der Waals surface area contributed by atoms with Gasteiger partial charge < -0.3 is 10.4 Å². The van der Waals surface area contributed by atoms with Gasteiger partial charge in [-0.2, -0.15) is 0 Å². The van der Waals surface area contributed by atoms with Crippen LogP contribution in [0.5, 0.6) is 0 Å². The molecule has 1 aliphatic rings. The van der Waals surface area contributed by atoms with Gasteiger partial charge in [0.1, 0.15) is 5.60 Å². The fraction of sp³-hybridized carbons (Fsp3) is 0.500. The Hall–Kier alpha value is -1.79. The topological polar surface area (TPSA) is 49.3 Å². The minimum Gasteiger partial charge on any atom is -0.378 e. The SMILES string of the molecule is CCC1(CNC(=O)c2ccc(C#CC(C)(C)O)cc2)CC1. The van der Waals surface area contributed by atoms with Crippen LogP contribution in [-0.2, 0) is 0 Å². The lowest BCUT2D eigenvalue weighted by Crippen LogP contribution is -2.29. The fourth-order valence-corrected chi connectivity index (χ4v) is 2.13. The molecule has 0 bridgehead atoms. The molecule has 2 rings (SSSR count). The van der Waals surface area contributed by atoms with E-state index >= 15 is 0 Å². The largest absolute Gasteiger partial charge is 0.378 e. The van der Waals surface area contributed by atoms with Gasteiger partial charge in [0.25, 0.3) is 5.91 Å². The molecule has 0 saturated heterocycles. The van der Waals surface area contributed by atoms with E-state index in [2.05, 4.69) is 24.1 Å². The smallest absolute Gasteiger partial charge is 0.251 e. The van der Waals surface area contributed by atoms with Crippen LogP contribution in [0.25, 0.3) is 0 Å². The zero-order valence-electron chi connectivity index (χ0n) is 13.0. The van der Waals surface area contributed by atoms with Crippen molar-refractivity contribution in [1.82, 2.24) is 5.32 Å². The summed E-state index contributed by atoms with van der Waals surface area (Å²) in [6, 6.07) is 7.16. The number of nitrogens with one attached hydrogen (secondary N) is 1. The monoisotopic (exact) mass is 285 g/mol. The molecule has 1 aromatic carbocycles. The molecule has 0 atom stereocenters. The van der Waals surface area contributed by atoms with E-state index in [1.165, 1.54) is 12.8 Å². The second-order valence-electron chi connectivity index (χ2n) is 6.42. The fourth-order valence-electron chi connectivity index (χ4n) is 2.13. The number of hydrogen-bond acceptors (Lipinski definition) is 2. The maximum Gasteiger partial charge on any atom is 0.251 e. The van der Waals surface area contributed by atoms with E-state index in [-0.39, 0.29) is 5.91 Å². The minimum atomic E-state index is -1.01. The van der Waals surface area contributed by atoms with Gasteiger partial charge >= 0.3 is 0 Å². The Balaban J connectivity index is 1.95. The molecule has 3 nitrogen and oxygen atoms in total. The molecular formula is C18H23NO2. The van der Waals surface area contributed by atoms with Gasteiger partial charge in [-0.3, -0.25) is 4.79 Å². The summed E-state index contributed by atoms with van der Waals surface area (Å²) < 4.78 is 0. The molecule has 1 saturated carbocycles. The van der Waals surface area contributed by atoms with Crippen molar-refractivity contribution in [1.29, 1.82) is 0 Å². The van der Waals surface area contributed by atoms with Crippen molar-refractivity contribution in [2.45, 2.75) is 45.6 Å². The number of rotatable bonds is 4. The maximum atomic E-state index is 12.1. The van der Waals surface area contributed by atoms with Crippen LogP contribution < -0.4 is 5.32 Å². The molecule has 1 fully saturated rings. The number of carbonyl (C=O) groups excluding carboxylic acids is 1. The summed E-state index contributed by atoms with van der Waals surface area (Å²) >= 11 is 0. The lowest BCUT2D eigenvalue weighted by molar-refractivity contribution is 0.0944. The first-order valence-electron chi connectivity index (χ1n) is 7.47. The molecule has 3 heteroatoms. The molecule has 0 heterocycles. The summed E-state index contributed by atoms with van der Waals surface area (Å²) in [6.07, 6.45) is 3.56. The number of carbonyl (C=O) groups is 1. The van der Waals surface area contributed by atoms with Crippen LogP contribution in [0.4, 0.5) is 0 Å². The van der Waals surface area contributed by atoms with E-state index in [0.717, 1.165) is 18.5 Å². The highest BCUT2D eigenvalue weighted by atomic mass is 16.3. The van der Waals surface area contributed by atoms with Crippen molar-refractivity contribution in [3.63, 3.8) is 0 Å². The van der Waals surface area contributed by atoms with Gasteiger partial charge in [0.15, 0.2) is 0 Å². The third-order valence-electron chi connectivity index (χ3n) is 3.99. The third-order valence-corrected chi connectivity index (χ3v) is 3.99. The molecule has 1 aliphatic carbocycles. The molecular weight excluding hydrogens is 262 g/mol. The van der Waals surface area contributed by atoms with Crippen LogP contribution in [0.2, 0.25) is 0 Å². The highest BCUT2D eigenvalue weighted by Gasteiger charge is 2.40. The van der Waals surface area contributed by atoms with Crippen LogP contribution in [0.15, 0.2) is 24.3 Å². The van der Waals surface area contributed by atoms with Crippen molar-refractivity contribution in [2.24, 2.45) is 5.41 Å². The Labute approximate surface area is 126 Å². The van der Waals surface area contributed by atoms with E-state index in [9.17, 15) is 9.90 Å². The van der Waals surface area contributed by atoms with Crippen LogP contribution in [0.1, 0.15) is 56.0 Å². The summed E-state index contributed by atoms with van der Waals surface area (Å²) in [6.45, 7) is 6.23. The summed E-state index contributed by atoms with van der Waals surface area (Å²) in [4.78, 5) is 12.1. The standard InChI is InChI=1S/C18H23NO2/c1-4-18(11-12-18)13-19-16(20)15-7-5-14(6-8-15)9-10-17(2,3)21/h5-8,21H,4,11-13H2,1-3H3,(H,19,20). The molecule has 0 radical (unpaired) electrons.